The number of nitrogens with one attached hydrogen (secondary N) is 1. The topological polar surface area (TPSA) is 83.6 Å². The van der Waals surface area contributed by atoms with Gasteiger partial charge in [0.15, 0.2) is 0 Å². The number of sulfonamides is 2. The average molecular weight is 395 g/mol. The van der Waals surface area contributed by atoms with Crippen molar-refractivity contribution in [2.45, 2.75) is 31.6 Å². The molecule has 8 heteroatoms. The van der Waals surface area contributed by atoms with Crippen molar-refractivity contribution in [2.24, 2.45) is 0 Å². The van der Waals surface area contributed by atoms with Crippen LogP contribution < -0.4 is 9.03 Å². The summed E-state index contributed by atoms with van der Waals surface area (Å²) in [5.41, 5.74) is 2.89. The van der Waals surface area contributed by atoms with E-state index in [1.807, 2.05) is 19.9 Å². The Labute approximate surface area is 155 Å². The van der Waals surface area contributed by atoms with Crippen LogP contribution in [0.2, 0.25) is 0 Å². The SMILES string of the molecule is Cc1cccc(NS(=O)(=O)c2ccc(N3CCCCS3(=O)=O)cc2)c1C. The Bertz CT molecular complexity index is 1010. The van der Waals surface area contributed by atoms with Crippen molar-refractivity contribution < 1.29 is 16.8 Å². The Morgan fingerprint density at radius 3 is 2.35 bits per heavy atom. The van der Waals surface area contributed by atoms with Gasteiger partial charge in [-0.3, -0.25) is 9.03 Å². The van der Waals surface area contributed by atoms with Crippen molar-refractivity contribution in [3.8, 4) is 0 Å². The van der Waals surface area contributed by atoms with Gasteiger partial charge >= 0.3 is 0 Å². The van der Waals surface area contributed by atoms with Crippen LogP contribution in [0.25, 0.3) is 0 Å². The molecule has 0 atom stereocenters. The van der Waals surface area contributed by atoms with E-state index in [0.29, 0.717) is 24.3 Å². The van der Waals surface area contributed by atoms with Crippen LogP contribution in [0.1, 0.15) is 24.0 Å². The lowest BCUT2D eigenvalue weighted by Crippen LogP contribution is -2.37. The zero-order valence-corrected chi connectivity index (χ0v) is 16.4. The maximum Gasteiger partial charge on any atom is 0.261 e. The summed E-state index contributed by atoms with van der Waals surface area (Å²) in [6.07, 6.45) is 1.46. The van der Waals surface area contributed by atoms with Crippen LogP contribution in [0.3, 0.4) is 0 Å². The van der Waals surface area contributed by atoms with E-state index in [1.165, 1.54) is 16.4 Å². The summed E-state index contributed by atoms with van der Waals surface area (Å²) in [6, 6.07) is 11.4. The number of anilines is 2. The Morgan fingerprint density at radius 2 is 1.69 bits per heavy atom. The van der Waals surface area contributed by atoms with Gasteiger partial charge in [-0.25, -0.2) is 16.8 Å². The summed E-state index contributed by atoms with van der Waals surface area (Å²) in [5.74, 6) is 0.126. The molecular weight excluding hydrogens is 372 g/mol. The molecule has 1 saturated heterocycles. The van der Waals surface area contributed by atoms with Crippen molar-refractivity contribution in [3.63, 3.8) is 0 Å². The van der Waals surface area contributed by atoms with Crippen molar-refractivity contribution in [2.75, 3.05) is 21.3 Å². The Hall–Kier alpha value is -2.06. The highest BCUT2D eigenvalue weighted by atomic mass is 32.2. The Kier molecular flexibility index (Phi) is 4.98. The molecule has 0 spiro atoms. The quantitative estimate of drug-likeness (QED) is 0.864. The van der Waals surface area contributed by atoms with Gasteiger partial charge in [-0.05, 0) is 68.1 Å². The third kappa shape index (κ3) is 3.71. The van der Waals surface area contributed by atoms with E-state index in [2.05, 4.69) is 4.72 Å². The first-order valence-corrected chi connectivity index (χ1v) is 11.5. The fourth-order valence-corrected chi connectivity index (χ4v) is 5.70. The molecule has 2 aromatic rings. The molecule has 1 aliphatic heterocycles. The van der Waals surface area contributed by atoms with Gasteiger partial charge in [-0.15, -0.1) is 0 Å². The summed E-state index contributed by atoms with van der Waals surface area (Å²) < 4.78 is 53.6. The molecule has 3 rings (SSSR count). The van der Waals surface area contributed by atoms with E-state index in [1.54, 1.807) is 24.3 Å². The minimum atomic E-state index is -3.75. The molecule has 0 aromatic heterocycles. The summed E-state index contributed by atoms with van der Waals surface area (Å²) in [4.78, 5) is 0.0940. The molecular formula is C18H22N2O4S2. The normalized spacial score (nSPS) is 17.1. The highest BCUT2D eigenvalue weighted by Crippen LogP contribution is 2.26. The van der Waals surface area contributed by atoms with Crippen LogP contribution in [-0.4, -0.2) is 29.1 Å². The first-order valence-electron chi connectivity index (χ1n) is 8.40. The van der Waals surface area contributed by atoms with Gasteiger partial charge in [0.1, 0.15) is 0 Å². The predicted octanol–water partition coefficient (Wildman–Crippen LogP) is 3.03. The molecule has 1 heterocycles. The first-order chi connectivity index (χ1) is 12.2. The molecule has 2 aromatic carbocycles. The second kappa shape index (κ2) is 6.92. The van der Waals surface area contributed by atoms with E-state index in [0.717, 1.165) is 17.5 Å². The fraction of sp³-hybridized carbons (Fsp3) is 0.333. The zero-order chi connectivity index (χ0) is 18.9. The number of rotatable bonds is 4. The molecule has 1 aliphatic rings. The van der Waals surface area contributed by atoms with Gasteiger partial charge in [-0.1, -0.05) is 12.1 Å². The van der Waals surface area contributed by atoms with Gasteiger partial charge in [-0.2, -0.15) is 0 Å². The second-order valence-electron chi connectivity index (χ2n) is 6.44. The molecule has 0 unspecified atom stereocenters. The van der Waals surface area contributed by atoms with Gasteiger partial charge in [0.05, 0.1) is 22.0 Å². The third-order valence-corrected chi connectivity index (χ3v) is 7.88. The minimum Gasteiger partial charge on any atom is -0.279 e. The first kappa shape index (κ1) is 18.7. The molecule has 26 heavy (non-hydrogen) atoms. The molecule has 0 saturated carbocycles. The minimum absolute atomic E-state index is 0.0940. The fourth-order valence-electron chi connectivity index (χ4n) is 2.94. The van der Waals surface area contributed by atoms with Crippen LogP contribution in [0.5, 0.6) is 0 Å². The lowest BCUT2D eigenvalue weighted by molar-refractivity contribution is 0.574. The standard InChI is InChI=1S/C18H22N2O4S2/c1-14-6-5-7-18(15(14)2)19-26(23,24)17-10-8-16(9-11-17)20-12-3-4-13-25(20,21)22/h5-11,19H,3-4,12-13H2,1-2H3. The predicted molar refractivity (Wildman–Crippen MR) is 104 cm³/mol. The molecule has 0 aliphatic carbocycles. The number of nitrogens with zero attached hydrogens (tertiary/aromatic N) is 1. The van der Waals surface area contributed by atoms with Gasteiger partial charge in [0.25, 0.3) is 10.0 Å². The van der Waals surface area contributed by atoms with Crippen molar-refractivity contribution in [1.82, 2.24) is 0 Å². The van der Waals surface area contributed by atoms with Crippen LogP contribution in [0.4, 0.5) is 11.4 Å². The second-order valence-corrected chi connectivity index (χ2v) is 10.1. The van der Waals surface area contributed by atoms with Gasteiger partial charge in [0, 0.05) is 6.54 Å². The highest BCUT2D eigenvalue weighted by Gasteiger charge is 2.26. The number of hydrogen-bond acceptors (Lipinski definition) is 4. The average Bonchev–Trinajstić information content (AvgIpc) is 2.59. The summed E-state index contributed by atoms with van der Waals surface area (Å²) in [7, 11) is -7.06. The smallest absolute Gasteiger partial charge is 0.261 e. The van der Waals surface area contributed by atoms with E-state index in [-0.39, 0.29) is 10.6 Å². The molecule has 1 fully saturated rings. The summed E-state index contributed by atoms with van der Waals surface area (Å²) in [5, 5.41) is 0. The zero-order valence-electron chi connectivity index (χ0n) is 14.8. The lowest BCUT2D eigenvalue weighted by Gasteiger charge is -2.28. The summed E-state index contributed by atoms with van der Waals surface area (Å²) in [6.45, 7) is 4.20. The maximum absolute atomic E-state index is 12.6. The van der Waals surface area contributed by atoms with Gasteiger partial charge < -0.3 is 0 Å². The van der Waals surface area contributed by atoms with E-state index < -0.39 is 20.0 Å². The molecule has 0 bridgehead atoms. The van der Waals surface area contributed by atoms with E-state index in [4.69, 9.17) is 0 Å². The molecule has 0 radical (unpaired) electrons. The summed E-state index contributed by atoms with van der Waals surface area (Å²) >= 11 is 0. The number of benzene rings is 2. The largest absolute Gasteiger partial charge is 0.279 e. The molecule has 140 valence electrons. The monoisotopic (exact) mass is 394 g/mol. The van der Waals surface area contributed by atoms with Crippen molar-refractivity contribution in [3.05, 3.63) is 53.6 Å². The van der Waals surface area contributed by atoms with Crippen LogP contribution >= 0.6 is 0 Å². The highest BCUT2D eigenvalue weighted by molar-refractivity contribution is 7.93. The van der Waals surface area contributed by atoms with Gasteiger partial charge in [0.2, 0.25) is 10.0 Å². The van der Waals surface area contributed by atoms with Crippen molar-refractivity contribution in [1.29, 1.82) is 0 Å². The molecule has 0 amide bonds. The maximum atomic E-state index is 12.6. The van der Waals surface area contributed by atoms with Crippen LogP contribution in [0.15, 0.2) is 47.4 Å². The van der Waals surface area contributed by atoms with Crippen LogP contribution in [0, 0.1) is 13.8 Å². The van der Waals surface area contributed by atoms with E-state index in [9.17, 15) is 16.8 Å². The molecule has 1 N–H and O–H groups in total. The van der Waals surface area contributed by atoms with Crippen molar-refractivity contribution >= 4 is 31.4 Å². The van der Waals surface area contributed by atoms with E-state index >= 15 is 0 Å². The molecule has 6 nitrogen and oxygen atoms in total. The third-order valence-electron chi connectivity index (χ3n) is 4.63. The number of hydrogen-bond donors (Lipinski definition) is 1. The Balaban J connectivity index is 1.86. The Morgan fingerprint density at radius 1 is 1.00 bits per heavy atom. The number of aryl methyl sites for hydroxylation is 1. The lowest BCUT2D eigenvalue weighted by atomic mass is 10.1. The van der Waals surface area contributed by atoms with Crippen LogP contribution in [-0.2, 0) is 20.0 Å².